The van der Waals surface area contributed by atoms with Crippen LogP contribution in [0.25, 0.3) is 0 Å². The number of carbonyl (C=O) groups excluding carboxylic acids is 3. The number of nitrogens with one attached hydrogen (secondary N) is 1. The molecule has 0 fully saturated rings. The molecule has 4 aromatic rings. The molecule has 0 saturated heterocycles. The fourth-order valence-electron chi connectivity index (χ4n) is 5.47. The van der Waals surface area contributed by atoms with Gasteiger partial charge in [0.25, 0.3) is 0 Å². The number of methoxy groups -OCH3 is 1. The molecule has 0 aliphatic heterocycles. The second kappa shape index (κ2) is 18.9. The third kappa shape index (κ3) is 10.8. The summed E-state index contributed by atoms with van der Waals surface area (Å²) in [4.78, 5) is 41.0. The number of ketones is 1. The predicted molar refractivity (Wildman–Crippen MR) is 188 cm³/mol. The van der Waals surface area contributed by atoms with E-state index < -0.39 is 12.0 Å². The van der Waals surface area contributed by atoms with Gasteiger partial charge in [0.2, 0.25) is 5.91 Å². The first-order valence-electron chi connectivity index (χ1n) is 16.6. The maximum Gasteiger partial charge on any atom is 0.328 e. The van der Waals surface area contributed by atoms with Crippen molar-refractivity contribution >= 4 is 29.0 Å². The van der Waals surface area contributed by atoms with Crippen molar-refractivity contribution < 1.29 is 23.9 Å². The van der Waals surface area contributed by atoms with Gasteiger partial charge in [-0.3, -0.25) is 9.59 Å². The van der Waals surface area contributed by atoms with Gasteiger partial charge < -0.3 is 19.7 Å². The SMILES string of the molecule is CCCCCCCC(=O)N(CCCOc1ccc(C[C@H](Nc2ccccc2C(=O)c2ccccc2)C(=O)OC)cc1)c1ccccc1. The summed E-state index contributed by atoms with van der Waals surface area (Å²) < 4.78 is 11.1. The van der Waals surface area contributed by atoms with E-state index in [2.05, 4.69) is 12.2 Å². The Morgan fingerprint density at radius 2 is 1.40 bits per heavy atom. The van der Waals surface area contributed by atoms with Gasteiger partial charge in [-0.05, 0) is 54.8 Å². The molecule has 1 atom stereocenters. The Hall–Kier alpha value is -4.91. The summed E-state index contributed by atoms with van der Waals surface area (Å²) in [5.41, 5.74) is 3.44. The number of ether oxygens (including phenoxy) is 2. The summed E-state index contributed by atoms with van der Waals surface area (Å²) in [7, 11) is 1.36. The molecule has 4 aromatic carbocycles. The topological polar surface area (TPSA) is 84.9 Å². The highest BCUT2D eigenvalue weighted by Gasteiger charge is 2.23. The first-order chi connectivity index (χ1) is 23.0. The predicted octanol–water partition coefficient (Wildman–Crippen LogP) is 8.28. The number of anilines is 2. The standard InChI is InChI=1S/C40H46N2O5/c1-3-4-5-6-13-23-38(43)42(33-19-11-8-12-20-33)28-16-29-47-34-26-24-31(25-27-34)30-37(40(45)46-2)41-36-22-15-14-21-35(36)39(44)32-17-9-7-10-18-32/h7-12,14-15,17-22,24-27,37,41H,3-6,13,16,23,28-30H2,1-2H3/t37-/m0/s1. The van der Waals surface area contributed by atoms with E-state index >= 15 is 0 Å². The van der Waals surface area contributed by atoms with E-state index in [4.69, 9.17) is 9.47 Å². The molecule has 0 aliphatic rings. The summed E-state index contributed by atoms with van der Waals surface area (Å²) in [6.07, 6.45) is 7.16. The Bertz CT molecular complexity index is 1540. The highest BCUT2D eigenvalue weighted by atomic mass is 16.5. The van der Waals surface area contributed by atoms with Crippen LogP contribution in [0.15, 0.2) is 109 Å². The molecular weight excluding hydrogens is 588 g/mol. The van der Waals surface area contributed by atoms with Crippen LogP contribution in [0, 0.1) is 0 Å². The second-order valence-corrected chi connectivity index (χ2v) is 11.6. The molecule has 4 rings (SSSR count). The van der Waals surface area contributed by atoms with Gasteiger partial charge in [-0.15, -0.1) is 0 Å². The zero-order valence-electron chi connectivity index (χ0n) is 27.5. The zero-order chi connectivity index (χ0) is 33.3. The Morgan fingerprint density at radius 1 is 0.745 bits per heavy atom. The molecule has 1 amide bonds. The third-order valence-electron chi connectivity index (χ3n) is 8.04. The van der Waals surface area contributed by atoms with Crippen LogP contribution in [0.3, 0.4) is 0 Å². The Morgan fingerprint density at radius 3 is 2.11 bits per heavy atom. The number of rotatable bonds is 19. The molecule has 0 aliphatic carbocycles. The van der Waals surface area contributed by atoms with Crippen LogP contribution in [-0.2, 0) is 20.7 Å². The van der Waals surface area contributed by atoms with E-state index in [1.54, 1.807) is 30.3 Å². The number of carbonyl (C=O) groups is 3. The van der Waals surface area contributed by atoms with Crippen molar-refractivity contribution in [1.29, 1.82) is 0 Å². The normalized spacial score (nSPS) is 11.4. The number of esters is 1. The fourth-order valence-corrected chi connectivity index (χ4v) is 5.47. The Kier molecular flexibility index (Phi) is 14.1. The summed E-state index contributed by atoms with van der Waals surface area (Å²) in [5.74, 6) is 0.310. The summed E-state index contributed by atoms with van der Waals surface area (Å²) in [6, 6.07) is 33.0. The van der Waals surface area contributed by atoms with Crippen molar-refractivity contribution in [2.24, 2.45) is 0 Å². The first kappa shape index (κ1) is 35.0. The van der Waals surface area contributed by atoms with Crippen molar-refractivity contribution in [2.45, 2.75) is 64.3 Å². The molecule has 0 unspecified atom stereocenters. The zero-order valence-corrected chi connectivity index (χ0v) is 27.5. The molecule has 7 nitrogen and oxygen atoms in total. The Labute approximate surface area is 278 Å². The average molecular weight is 635 g/mol. The number of nitrogens with zero attached hydrogens (tertiary/aromatic N) is 1. The average Bonchev–Trinajstić information content (AvgIpc) is 3.12. The lowest BCUT2D eigenvalue weighted by Crippen LogP contribution is -2.33. The quantitative estimate of drug-likeness (QED) is 0.0635. The minimum absolute atomic E-state index is 0.127. The van der Waals surface area contributed by atoms with Gasteiger partial charge in [-0.1, -0.05) is 105 Å². The van der Waals surface area contributed by atoms with Crippen LogP contribution in [0.4, 0.5) is 11.4 Å². The lowest BCUT2D eigenvalue weighted by atomic mass is 10.00. The first-order valence-corrected chi connectivity index (χ1v) is 16.6. The van der Waals surface area contributed by atoms with Crippen molar-refractivity contribution in [3.63, 3.8) is 0 Å². The molecule has 0 aromatic heterocycles. The van der Waals surface area contributed by atoms with Crippen LogP contribution in [0.2, 0.25) is 0 Å². The monoisotopic (exact) mass is 634 g/mol. The van der Waals surface area contributed by atoms with Crippen molar-refractivity contribution in [1.82, 2.24) is 0 Å². The van der Waals surface area contributed by atoms with E-state index in [0.29, 0.717) is 55.0 Å². The summed E-state index contributed by atoms with van der Waals surface area (Å²) in [5, 5.41) is 3.25. The van der Waals surface area contributed by atoms with E-state index in [0.717, 1.165) is 24.1 Å². The number of amides is 1. The highest BCUT2D eigenvalue weighted by Crippen LogP contribution is 2.23. The van der Waals surface area contributed by atoms with E-state index in [1.165, 1.54) is 26.4 Å². The van der Waals surface area contributed by atoms with E-state index in [1.807, 2.05) is 83.8 Å². The van der Waals surface area contributed by atoms with Gasteiger partial charge >= 0.3 is 5.97 Å². The van der Waals surface area contributed by atoms with Crippen LogP contribution in [0.1, 0.15) is 73.4 Å². The summed E-state index contributed by atoms with van der Waals surface area (Å²) >= 11 is 0. The summed E-state index contributed by atoms with van der Waals surface area (Å²) in [6.45, 7) is 3.23. The molecule has 7 heteroatoms. The van der Waals surface area contributed by atoms with Gasteiger partial charge in [-0.25, -0.2) is 4.79 Å². The van der Waals surface area contributed by atoms with Crippen molar-refractivity contribution in [3.8, 4) is 5.75 Å². The van der Waals surface area contributed by atoms with Crippen molar-refractivity contribution in [3.05, 3.63) is 126 Å². The van der Waals surface area contributed by atoms with Crippen molar-refractivity contribution in [2.75, 3.05) is 30.5 Å². The third-order valence-corrected chi connectivity index (χ3v) is 8.04. The lowest BCUT2D eigenvalue weighted by Gasteiger charge is -2.23. The fraction of sp³-hybridized carbons (Fsp3) is 0.325. The molecule has 0 radical (unpaired) electrons. The number of para-hydroxylation sites is 2. The van der Waals surface area contributed by atoms with Gasteiger partial charge in [0.1, 0.15) is 11.8 Å². The molecular formula is C40H46N2O5. The second-order valence-electron chi connectivity index (χ2n) is 11.6. The number of hydrogen-bond donors (Lipinski definition) is 1. The number of benzene rings is 4. The minimum atomic E-state index is -0.704. The van der Waals surface area contributed by atoms with Gasteiger partial charge in [0.05, 0.1) is 13.7 Å². The molecule has 47 heavy (non-hydrogen) atoms. The van der Waals surface area contributed by atoms with E-state index in [9.17, 15) is 14.4 Å². The largest absolute Gasteiger partial charge is 0.494 e. The molecule has 1 N–H and O–H groups in total. The molecule has 246 valence electrons. The maximum atomic E-state index is 13.2. The number of unbranched alkanes of at least 4 members (excludes halogenated alkanes) is 4. The van der Waals surface area contributed by atoms with Gasteiger partial charge in [-0.2, -0.15) is 0 Å². The van der Waals surface area contributed by atoms with Gasteiger partial charge in [0, 0.05) is 41.9 Å². The minimum Gasteiger partial charge on any atom is -0.494 e. The molecule has 0 bridgehead atoms. The smallest absolute Gasteiger partial charge is 0.328 e. The van der Waals surface area contributed by atoms with Crippen LogP contribution in [-0.4, -0.2) is 44.0 Å². The molecule has 0 heterocycles. The molecule has 0 saturated carbocycles. The number of hydrogen-bond acceptors (Lipinski definition) is 6. The van der Waals surface area contributed by atoms with Crippen LogP contribution < -0.4 is 15.0 Å². The highest BCUT2D eigenvalue weighted by molar-refractivity contribution is 6.12. The van der Waals surface area contributed by atoms with Gasteiger partial charge in [0.15, 0.2) is 5.78 Å². The molecule has 0 spiro atoms. The lowest BCUT2D eigenvalue weighted by molar-refractivity contribution is -0.141. The van der Waals surface area contributed by atoms with Crippen LogP contribution in [0.5, 0.6) is 5.75 Å². The van der Waals surface area contributed by atoms with Crippen LogP contribution >= 0.6 is 0 Å². The van der Waals surface area contributed by atoms with E-state index in [-0.39, 0.29) is 11.7 Å². The maximum absolute atomic E-state index is 13.2. The Balaban J connectivity index is 1.32.